The summed E-state index contributed by atoms with van der Waals surface area (Å²) in [6, 6.07) is 3.34. The first-order valence-corrected chi connectivity index (χ1v) is 4.72. The molecular weight excluding hydrogens is 215 g/mol. The molecule has 0 fully saturated rings. The average Bonchev–Trinajstić information content (AvgIpc) is 2.25. The van der Waals surface area contributed by atoms with E-state index >= 15 is 0 Å². The highest BCUT2D eigenvalue weighted by molar-refractivity contribution is 5.88. The minimum Gasteiger partial charge on any atom is -0.491 e. The lowest BCUT2D eigenvalue weighted by atomic mass is 10.2. The molecule has 1 unspecified atom stereocenters. The fourth-order valence-electron chi connectivity index (χ4n) is 1.05. The van der Waals surface area contributed by atoms with Crippen molar-refractivity contribution in [2.75, 3.05) is 13.7 Å². The van der Waals surface area contributed by atoms with Crippen molar-refractivity contribution in [3.8, 4) is 5.75 Å². The number of halogens is 1. The highest BCUT2D eigenvalue weighted by atomic mass is 19.1. The number of benzene rings is 1. The Kier molecular flexibility index (Phi) is 4.25. The molecule has 0 saturated carbocycles. The zero-order chi connectivity index (χ0) is 12.1. The molecule has 0 spiro atoms. The fourth-order valence-corrected chi connectivity index (χ4v) is 1.05. The molecule has 0 aliphatic rings. The summed E-state index contributed by atoms with van der Waals surface area (Å²) in [6.45, 7) is 2.02. The van der Waals surface area contributed by atoms with Crippen LogP contribution in [0.15, 0.2) is 18.2 Å². The average molecular weight is 228 g/mol. The number of carboxylic acid groups (broad SMARTS) is 1. The van der Waals surface area contributed by atoms with Crippen molar-refractivity contribution in [1.29, 1.82) is 0 Å². The molecule has 0 bridgehead atoms. The molecule has 0 aromatic heterocycles. The lowest BCUT2D eigenvalue weighted by molar-refractivity contribution is 0.0687. The lowest BCUT2D eigenvalue weighted by Crippen LogP contribution is -2.16. The van der Waals surface area contributed by atoms with Crippen molar-refractivity contribution in [3.05, 3.63) is 29.6 Å². The molecule has 5 heteroatoms. The van der Waals surface area contributed by atoms with Crippen molar-refractivity contribution >= 4 is 5.97 Å². The van der Waals surface area contributed by atoms with Crippen LogP contribution < -0.4 is 4.74 Å². The van der Waals surface area contributed by atoms with E-state index in [-0.39, 0.29) is 24.0 Å². The van der Waals surface area contributed by atoms with E-state index in [1.165, 1.54) is 13.2 Å². The highest BCUT2D eigenvalue weighted by Gasteiger charge is 2.08. The van der Waals surface area contributed by atoms with Gasteiger partial charge in [0, 0.05) is 13.2 Å². The van der Waals surface area contributed by atoms with Crippen LogP contribution in [0.2, 0.25) is 0 Å². The van der Waals surface area contributed by atoms with Gasteiger partial charge in [-0.2, -0.15) is 0 Å². The van der Waals surface area contributed by atoms with E-state index in [1.807, 2.05) is 0 Å². The van der Waals surface area contributed by atoms with E-state index in [0.29, 0.717) is 0 Å². The molecule has 88 valence electrons. The van der Waals surface area contributed by atoms with Gasteiger partial charge in [-0.3, -0.25) is 0 Å². The SMILES string of the molecule is COC(C)COc1cc(F)cc(C(=O)O)c1. The largest absolute Gasteiger partial charge is 0.491 e. The number of aromatic carboxylic acids is 1. The van der Waals surface area contributed by atoms with Crippen LogP contribution in [0, 0.1) is 5.82 Å². The Bertz CT molecular complexity index is 378. The second-order valence-electron chi connectivity index (χ2n) is 3.34. The van der Waals surface area contributed by atoms with Crippen LogP contribution in [0.3, 0.4) is 0 Å². The molecule has 0 aliphatic heterocycles. The van der Waals surface area contributed by atoms with Crippen LogP contribution in [0.25, 0.3) is 0 Å². The molecule has 1 aromatic rings. The minimum atomic E-state index is -1.19. The molecule has 1 N–H and O–H groups in total. The van der Waals surface area contributed by atoms with E-state index in [2.05, 4.69) is 0 Å². The number of hydrogen-bond acceptors (Lipinski definition) is 3. The predicted octanol–water partition coefficient (Wildman–Crippen LogP) is 1.94. The van der Waals surface area contributed by atoms with Gasteiger partial charge < -0.3 is 14.6 Å². The van der Waals surface area contributed by atoms with Crippen molar-refractivity contribution in [2.24, 2.45) is 0 Å². The van der Waals surface area contributed by atoms with Crippen molar-refractivity contribution in [3.63, 3.8) is 0 Å². The van der Waals surface area contributed by atoms with Gasteiger partial charge in [0.25, 0.3) is 0 Å². The quantitative estimate of drug-likeness (QED) is 0.836. The van der Waals surface area contributed by atoms with Crippen LogP contribution in [0.5, 0.6) is 5.75 Å². The molecule has 1 atom stereocenters. The van der Waals surface area contributed by atoms with Gasteiger partial charge in [-0.25, -0.2) is 9.18 Å². The molecule has 0 aliphatic carbocycles. The molecular formula is C11H13FO4. The Morgan fingerprint density at radius 1 is 1.50 bits per heavy atom. The first-order valence-electron chi connectivity index (χ1n) is 4.72. The van der Waals surface area contributed by atoms with Crippen LogP contribution in [0.4, 0.5) is 4.39 Å². The summed E-state index contributed by atoms with van der Waals surface area (Å²) in [7, 11) is 1.53. The summed E-state index contributed by atoms with van der Waals surface area (Å²) in [5, 5.41) is 8.71. The summed E-state index contributed by atoms with van der Waals surface area (Å²) in [6.07, 6.45) is -0.142. The Morgan fingerprint density at radius 3 is 2.75 bits per heavy atom. The number of methoxy groups -OCH3 is 1. The molecule has 16 heavy (non-hydrogen) atoms. The zero-order valence-electron chi connectivity index (χ0n) is 9.07. The van der Waals surface area contributed by atoms with E-state index in [4.69, 9.17) is 14.6 Å². The summed E-state index contributed by atoms with van der Waals surface area (Å²) >= 11 is 0. The van der Waals surface area contributed by atoms with Crippen molar-refractivity contribution < 1.29 is 23.8 Å². The standard InChI is InChI=1S/C11H13FO4/c1-7(15-2)6-16-10-4-8(11(13)14)3-9(12)5-10/h3-5,7H,6H2,1-2H3,(H,13,14). The van der Waals surface area contributed by atoms with Gasteiger partial charge in [-0.15, -0.1) is 0 Å². The van der Waals surface area contributed by atoms with Gasteiger partial charge in [0.05, 0.1) is 11.7 Å². The van der Waals surface area contributed by atoms with Gasteiger partial charge in [0.2, 0.25) is 0 Å². The van der Waals surface area contributed by atoms with Crippen LogP contribution in [-0.2, 0) is 4.74 Å². The Labute approximate surface area is 92.6 Å². The Morgan fingerprint density at radius 2 is 2.19 bits per heavy atom. The third-order valence-electron chi connectivity index (χ3n) is 2.01. The molecule has 0 amide bonds. The summed E-state index contributed by atoms with van der Waals surface area (Å²) in [5.74, 6) is -1.65. The van der Waals surface area contributed by atoms with Crippen molar-refractivity contribution in [1.82, 2.24) is 0 Å². The molecule has 1 aromatic carbocycles. The van der Waals surface area contributed by atoms with Gasteiger partial charge in [0.15, 0.2) is 0 Å². The van der Waals surface area contributed by atoms with Crippen LogP contribution >= 0.6 is 0 Å². The predicted molar refractivity (Wildman–Crippen MR) is 55.3 cm³/mol. The first-order chi connectivity index (χ1) is 7.52. The summed E-state index contributed by atoms with van der Waals surface area (Å²) in [5.41, 5.74) is -0.139. The number of ether oxygens (including phenoxy) is 2. The Balaban J connectivity index is 2.76. The van der Waals surface area contributed by atoms with Gasteiger partial charge in [-0.1, -0.05) is 0 Å². The molecule has 0 heterocycles. The topological polar surface area (TPSA) is 55.8 Å². The van der Waals surface area contributed by atoms with Gasteiger partial charge >= 0.3 is 5.97 Å². The number of carbonyl (C=O) groups is 1. The zero-order valence-corrected chi connectivity index (χ0v) is 9.07. The van der Waals surface area contributed by atoms with E-state index in [0.717, 1.165) is 12.1 Å². The molecule has 4 nitrogen and oxygen atoms in total. The van der Waals surface area contributed by atoms with Crippen LogP contribution in [0.1, 0.15) is 17.3 Å². The number of carboxylic acids is 1. The molecule has 0 saturated heterocycles. The van der Waals surface area contributed by atoms with Gasteiger partial charge in [0.1, 0.15) is 18.2 Å². The maximum Gasteiger partial charge on any atom is 0.335 e. The highest BCUT2D eigenvalue weighted by Crippen LogP contribution is 2.16. The second-order valence-corrected chi connectivity index (χ2v) is 3.34. The fraction of sp³-hybridized carbons (Fsp3) is 0.364. The lowest BCUT2D eigenvalue weighted by Gasteiger charge is -2.11. The monoisotopic (exact) mass is 228 g/mol. The third kappa shape index (κ3) is 3.51. The Hall–Kier alpha value is -1.62. The minimum absolute atomic E-state index is 0.139. The van der Waals surface area contributed by atoms with Crippen molar-refractivity contribution in [2.45, 2.75) is 13.0 Å². The van der Waals surface area contributed by atoms with E-state index < -0.39 is 11.8 Å². The normalized spacial score (nSPS) is 12.2. The second kappa shape index (κ2) is 5.46. The maximum atomic E-state index is 13.0. The third-order valence-corrected chi connectivity index (χ3v) is 2.01. The van der Waals surface area contributed by atoms with Crippen LogP contribution in [-0.4, -0.2) is 30.9 Å². The van der Waals surface area contributed by atoms with Gasteiger partial charge in [-0.05, 0) is 19.1 Å². The first kappa shape index (κ1) is 12.4. The molecule has 1 rings (SSSR count). The smallest absolute Gasteiger partial charge is 0.335 e. The summed E-state index contributed by atoms with van der Waals surface area (Å²) in [4.78, 5) is 10.7. The van der Waals surface area contributed by atoms with E-state index in [1.54, 1.807) is 6.92 Å². The van der Waals surface area contributed by atoms with E-state index in [9.17, 15) is 9.18 Å². The molecule has 0 radical (unpaired) electrons. The maximum absolute atomic E-state index is 13.0. The summed E-state index contributed by atoms with van der Waals surface area (Å²) < 4.78 is 23.2. The number of hydrogen-bond donors (Lipinski definition) is 1. The number of rotatable bonds is 5.